The van der Waals surface area contributed by atoms with E-state index in [4.69, 9.17) is 0 Å². The van der Waals surface area contributed by atoms with Gasteiger partial charge < -0.3 is 15.1 Å². The number of piperidine rings is 1. The Morgan fingerprint density at radius 3 is 2.91 bits per heavy atom. The lowest BCUT2D eigenvalue weighted by atomic mass is 9.98. The first-order chi connectivity index (χ1) is 11.1. The van der Waals surface area contributed by atoms with Gasteiger partial charge in [-0.3, -0.25) is 4.79 Å². The van der Waals surface area contributed by atoms with E-state index < -0.39 is 12.2 Å². The second kappa shape index (κ2) is 6.95. The Hall–Kier alpha value is -1.50. The molecule has 5 nitrogen and oxygen atoms in total. The highest BCUT2D eigenvalue weighted by molar-refractivity contribution is 7.18. The molecule has 1 aromatic heterocycles. The van der Waals surface area contributed by atoms with Crippen LogP contribution in [-0.2, 0) is 4.79 Å². The Labute approximate surface area is 139 Å². The average Bonchev–Trinajstić information content (AvgIpc) is 3.03. The van der Waals surface area contributed by atoms with E-state index in [0.717, 1.165) is 35.9 Å². The van der Waals surface area contributed by atoms with Gasteiger partial charge >= 0.3 is 0 Å². The van der Waals surface area contributed by atoms with E-state index in [2.05, 4.69) is 4.98 Å². The summed E-state index contributed by atoms with van der Waals surface area (Å²) >= 11 is 1.31. The van der Waals surface area contributed by atoms with Crippen molar-refractivity contribution in [3.8, 4) is 0 Å². The largest absolute Gasteiger partial charge is 0.383 e. The third-order valence-electron chi connectivity index (χ3n) is 4.50. The highest BCUT2D eigenvalue weighted by atomic mass is 32.1. The molecule has 2 N–H and O–H groups in total. The standard InChI is InChI=1S/C17H22N2O3S/c1-2-11-7-5-6-10-19(11)17(22)15(21)14(20)16-18-12-8-3-4-9-13(12)23-16/h3-4,8-9,11,14-15,20-21H,2,5-7,10H2,1H3. The van der Waals surface area contributed by atoms with Crippen LogP contribution in [0.2, 0.25) is 0 Å². The number of benzene rings is 1. The molecule has 124 valence electrons. The molecule has 1 aromatic carbocycles. The van der Waals surface area contributed by atoms with Gasteiger partial charge in [-0.2, -0.15) is 0 Å². The zero-order chi connectivity index (χ0) is 16.4. The number of aliphatic hydroxyl groups excluding tert-OH is 2. The van der Waals surface area contributed by atoms with Gasteiger partial charge in [0.1, 0.15) is 11.1 Å². The van der Waals surface area contributed by atoms with Gasteiger partial charge in [0, 0.05) is 12.6 Å². The lowest BCUT2D eigenvalue weighted by Gasteiger charge is -2.37. The molecule has 1 fully saturated rings. The van der Waals surface area contributed by atoms with Crippen LogP contribution in [0.1, 0.15) is 43.7 Å². The van der Waals surface area contributed by atoms with E-state index in [1.165, 1.54) is 11.3 Å². The van der Waals surface area contributed by atoms with Crippen molar-refractivity contribution in [1.82, 2.24) is 9.88 Å². The number of hydrogen-bond donors (Lipinski definition) is 2. The molecule has 1 aliphatic rings. The van der Waals surface area contributed by atoms with E-state index in [9.17, 15) is 15.0 Å². The Bertz CT molecular complexity index is 654. The van der Waals surface area contributed by atoms with Crippen LogP contribution in [0.25, 0.3) is 10.2 Å². The number of fused-ring (bicyclic) bond motifs is 1. The van der Waals surface area contributed by atoms with Crippen molar-refractivity contribution < 1.29 is 15.0 Å². The second-order valence-corrected chi connectivity index (χ2v) is 7.06. The van der Waals surface area contributed by atoms with Gasteiger partial charge in [0.25, 0.3) is 5.91 Å². The van der Waals surface area contributed by atoms with Gasteiger partial charge in [-0.1, -0.05) is 19.1 Å². The number of rotatable bonds is 4. The van der Waals surface area contributed by atoms with Crippen molar-refractivity contribution in [2.45, 2.75) is 50.9 Å². The topological polar surface area (TPSA) is 73.7 Å². The Morgan fingerprint density at radius 1 is 1.39 bits per heavy atom. The van der Waals surface area contributed by atoms with E-state index in [1.807, 2.05) is 31.2 Å². The lowest BCUT2D eigenvalue weighted by Crippen LogP contribution is -2.49. The predicted molar refractivity (Wildman–Crippen MR) is 90.2 cm³/mol. The van der Waals surface area contributed by atoms with E-state index in [-0.39, 0.29) is 11.9 Å². The van der Waals surface area contributed by atoms with Crippen molar-refractivity contribution in [3.63, 3.8) is 0 Å². The molecule has 0 saturated carbocycles. The van der Waals surface area contributed by atoms with Crippen LogP contribution in [0.3, 0.4) is 0 Å². The molecule has 3 unspecified atom stereocenters. The van der Waals surface area contributed by atoms with Gasteiger partial charge in [0.15, 0.2) is 6.10 Å². The molecule has 0 bridgehead atoms. The summed E-state index contributed by atoms with van der Waals surface area (Å²) in [6, 6.07) is 7.70. The summed E-state index contributed by atoms with van der Waals surface area (Å²) in [6.07, 6.45) is 1.16. The van der Waals surface area contributed by atoms with Crippen LogP contribution in [-0.4, -0.2) is 44.7 Å². The molecule has 1 aliphatic heterocycles. The van der Waals surface area contributed by atoms with Gasteiger partial charge in [-0.25, -0.2) is 4.98 Å². The van der Waals surface area contributed by atoms with Crippen molar-refractivity contribution in [2.75, 3.05) is 6.54 Å². The molecule has 0 aliphatic carbocycles. The van der Waals surface area contributed by atoms with Crippen LogP contribution in [0.15, 0.2) is 24.3 Å². The maximum Gasteiger partial charge on any atom is 0.254 e. The molecule has 3 rings (SSSR count). The third-order valence-corrected chi connectivity index (χ3v) is 5.60. The maximum absolute atomic E-state index is 12.6. The zero-order valence-electron chi connectivity index (χ0n) is 13.2. The van der Waals surface area contributed by atoms with Crippen LogP contribution >= 0.6 is 11.3 Å². The van der Waals surface area contributed by atoms with Crippen LogP contribution in [0.5, 0.6) is 0 Å². The number of thiazole rings is 1. The number of likely N-dealkylation sites (tertiary alicyclic amines) is 1. The number of hydrogen-bond acceptors (Lipinski definition) is 5. The smallest absolute Gasteiger partial charge is 0.254 e. The first kappa shape index (κ1) is 16.4. The Balaban J connectivity index is 1.77. The van der Waals surface area contributed by atoms with Crippen LogP contribution < -0.4 is 0 Å². The molecule has 0 spiro atoms. The number of amides is 1. The summed E-state index contributed by atoms with van der Waals surface area (Å²) in [7, 11) is 0. The number of nitrogens with zero attached hydrogens (tertiary/aromatic N) is 2. The van der Waals surface area contributed by atoms with Gasteiger partial charge in [-0.15, -0.1) is 11.3 Å². The average molecular weight is 334 g/mol. The lowest BCUT2D eigenvalue weighted by molar-refractivity contribution is -0.150. The number of carbonyl (C=O) groups is 1. The van der Waals surface area contributed by atoms with Crippen molar-refractivity contribution in [1.29, 1.82) is 0 Å². The Kier molecular flexibility index (Phi) is 4.94. The molecule has 1 saturated heterocycles. The molecular weight excluding hydrogens is 312 g/mol. The molecule has 23 heavy (non-hydrogen) atoms. The quantitative estimate of drug-likeness (QED) is 0.901. The Morgan fingerprint density at radius 2 is 2.17 bits per heavy atom. The highest BCUT2D eigenvalue weighted by Crippen LogP contribution is 2.29. The van der Waals surface area contributed by atoms with Gasteiger partial charge in [0.05, 0.1) is 10.2 Å². The second-order valence-electron chi connectivity index (χ2n) is 6.00. The number of aliphatic hydroxyl groups is 2. The molecule has 3 atom stereocenters. The summed E-state index contributed by atoms with van der Waals surface area (Å²) < 4.78 is 0.936. The first-order valence-electron chi connectivity index (χ1n) is 8.14. The summed E-state index contributed by atoms with van der Waals surface area (Å²) in [6.45, 7) is 2.70. The molecule has 2 aromatic rings. The number of carbonyl (C=O) groups excluding carboxylic acids is 1. The minimum Gasteiger partial charge on any atom is -0.383 e. The van der Waals surface area contributed by atoms with Crippen LogP contribution in [0, 0.1) is 0 Å². The molecule has 6 heteroatoms. The van der Waals surface area contributed by atoms with E-state index >= 15 is 0 Å². The van der Waals surface area contributed by atoms with Crippen molar-refractivity contribution >= 4 is 27.5 Å². The van der Waals surface area contributed by atoms with Crippen molar-refractivity contribution in [2.24, 2.45) is 0 Å². The highest BCUT2D eigenvalue weighted by Gasteiger charge is 2.35. The third kappa shape index (κ3) is 3.24. The summed E-state index contributed by atoms with van der Waals surface area (Å²) in [4.78, 5) is 18.7. The van der Waals surface area contributed by atoms with E-state index in [0.29, 0.717) is 11.6 Å². The zero-order valence-corrected chi connectivity index (χ0v) is 14.0. The molecular formula is C17H22N2O3S. The molecule has 0 radical (unpaired) electrons. The SMILES string of the molecule is CCC1CCCCN1C(=O)C(O)C(O)c1nc2ccccc2s1. The van der Waals surface area contributed by atoms with Crippen molar-refractivity contribution in [3.05, 3.63) is 29.3 Å². The summed E-state index contributed by atoms with van der Waals surface area (Å²) in [5, 5.41) is 21.1. The predicted octanol–water partition coefficient (Wildman–Crippen LogP) is 2.48. The summed E-state index contributed by atoms with van der Waals surface area (Å²) in [5.41, 5.74) is 0.774. The fraction of sp³-hybridized carbons (Fsp3) is 0.529. The normalized spacial score (nSPS) is 21.3. The number of aromatic nitrogens is 1. The van der Waals surface area contributed by atoms with E-state index in [1.54, 1.807) is 4.90 Å². The fourth-order valence-electron chi connectivity index (χ4n) is 3.17. The monoisotopic (exact) mass is 334 g/mol. The van der Waals surface area contributed by atoms with Gasteiger partial charge in [-0.05, 0) is 37.8 Å². The minimum absolute atomic E-state index is 0.161. The van der Waals surface area contributed by atoms with Gasteiger partial charge in [0.2, 0.25) is 0 Å². The maximum atomic E-state index is 12.6. The molecule has 2 heterocycles. The molecule has 1 amide bonds. The number of para-hydroxylation sites is 1. The van der Waals surface area contributed by atoms with Crippen LogP contribution in [0.4, 0.5) is 0 Å². The minimum atomic E-state index is -1.46. The summed E-state index contributed by atoms with van der Waals surface area (Å²) in [5.74, 6) is -0.386. The first-order valence-corrected chi connectivity index (χ1v) is 8.95. The fourth-order valence-corrected chi connectivity index (χ4v) is 4.16.